The Bertz CT molecular complexity index is 334. The molecule has 82 valence electrons. The normalized spacial score (nSPS) is 10.4. The fraction of sp³-hybridized carbons (Fsp3) is 0.417. The number of esters is 1. The summed E-state index contributed by atoms with van der Waals surface area (Å²) in [5.74, 6) is 0.221. The number of hydrogen-bond acceptors (Lipinski definition) is 2. The van der Waals surface area contributed by atoms with Gasteiger partial charge in [0.25, 0.3) is 0 Å². The van der Waals surface area contributed by atoms with Gasteiger partial charge < -0.3 is 4.74 Å². The van der Waals surface area contributed by atoms with Crippen LogP contribution in [0.4, 0.5) is 0 Å². The molecule has 0 heterocycles. The Morgan fingerprint density at radius 1 is 1.47 bits per heavy atom. The molecule has 1 aromatic rings. The van der Waals surface area contributed by atoms with E-state index in [1.165, 1.54) is 0 Å². The average molecular weight is 271 g/mol. The molecule has 0 aliphatic carbocycles. The first-order chi connectivity index (χ1) is 7.08. The standard InChI is InChI=1S/C12H15BrO2/c1-9(2)8-15-12(14)7-10-4-3-5-11(13)6-10/h3-6,9H,7-8H2,1-2H3. The fourth-order valence-electron chi connectivity index (χ4n) is 1.12. The van der Waals surface area contributed by atoms with Crippen LogP contribution in [0.1, 0.15) is 19.4 Å². The molecule has 0 spiro atoms. The number of benzene rings is 1. The molecule has 0 amide bonds. The van der Waals surface area contributed by atoms with E-state index in [0.29, 0.717) is 18.9 Å². The minimum Gasteiger partial charge on any atom is -0.465 e. The molecule has 1 aromatic carbocycles. The fourth-order valence-corrected chi connectivity index (χ4v) is 1.57. The van der Waals surface area contributed by atoms with Crippen LogP contribution in [-0.2, 0) is 16.0 Å². The molecule has 0 saturated carbocycles. The van der Waals surface area contributed by atoms with Crippen molar-refractivity contribution in [2.24, 2.45) is 5.92 Å². The number of rotatable bonds is 4. The molecule has 0 unspecified atom stereocenters. The molecule has 0 aliphatic rings. The molecule has 1 rings (SSSR count). The van der Waals surface area contributed by atoms with Gasteiger partial charge in [0.1, 0.15) is 0 Å². The predicted octanol–water partition coefficient (Wildman–Crippen LogP) is 3.19. The molecular formula is C12H15BrO2. The Balaban J connectivity index is 2.44. The van der Waals surface area contributed by atoms with Gasteiger partial charge in [-0.15, -0.1) is 0 Å². The lowest BCUT2D eigenvalue weighted by Crippen LogP contribution is -2.12. The Hall–Kier alpha value is -0.830. The highest BCUT2D eigenvalue weighted by molar-refractivity contribution is 9.10. The van der Waals surface area contributed by atoms with Gasteiger partial charge in [-0.2, -0.15) is 0 Å². The summed E-state index contributed by atoms with van der Waals surface area (Å²) in [6, 6.07) is 7.69. The molecule has 2 nitrogen and oxygen atoms in total. The molecular weight excluding hydrogens is 256 g/mol. The minimum absolute atomic E-state index is 0.165. The van der Waals surface area contributed by atoms with Crippen LogP contribution in [0.3, 0.4) is 0 Å². The summed E-state index contributed by atoms with van der Waals surface area (Å²) in [7, 11) is 0. The molecule has 0 aromatic heterocycles. The second-order valence-electron chi connectivity index (χ2n) is 3.88. The van der Waals surface area contributed by atoms with Crippen LogP contribution in [0.15, 0.2) is 28.7 Å². The van der Waals surface area contributed by atoms with Crippen molar-refractivity contribution < 1.29 is 9.53 Å². The highest BCUT2D eigenvalue weighted by atomic mass is 79.9. The Morgan fingerprint density at radius 2 is 2.20 bits per heavy atom. The third-order valence-corrected chi connectivity index (χ3v) is 2.31. The summed E-state index contributed by atoms with van der Waals surface area (Å²) < 4.78 is 6.08. The van der Waals surface area contributed by atoms with Crippen LogP contribution in [0.2, 0.25) is 0 Å². The van der Waals surface area contributed by atoms with Crippen molar-refractivity contribution in [1.82, 2.24) is 0 Å². The van der Waals surface area contributed by atoms with Gasteiger partial charge in [0.05, 0.1) is 13.0 Å². The van der Waals surface area contributed by atoms with E-state index in [2.05, 4.69) is 15.9 Å². The van der Waals surface area contributed by atoms with Crippen molar-refractivity contribution in [3.05, 3.63) is 34.3 Å². The van der Waals surface area contributed by atoms with Gasteiger partial charge in [-0.05, 0) is 23.6 Å². The topological polar surface area (TPSA) is 26.3 Å². The summed E-state index contributed by atoms with van der Waals surface area (Å²) in [6.07, 6.45) is 0.339. The van der Waals surface area contributed by atoms with Crippen molar-refractivity contribution in [3.63, 3.8) is 0 Å². The van der Waals surface area contributed by atoms with Gasteiger partial charge >= 0.3 is 5.97 Å². The Kier molecular flexibility index (Phi) is 4.82. The Labute approximate surface area is 98.8 Å². The number of carbonyl (C=O) groups excluding carboxylic acids is 1. The van der Waals surface area contributed by atoms with Crippen molar-refractivity contribution in [2.45, 2.75) is 20.3 Å². The maximum Gasteiger partial charge on any atom is 0.310 e. The maximum absolute atomic E-state index is 11.4. The van der Waals surface area contributed by atoms with Gasteiger partial charge in [0.2, 0.25) is 0 Å². The smallest absolute Gasteiger partial charge is 0.310 e. The van der Waals surface area contributed by atoms with Crippen LogP contribution in [0, 0.1) is 5.92 Å². The summed E-state index contributed by atoms with van der Waals surface area (Å²) in [5, 5.41) is 0. The van der Waals surface area contributed by atoms with Crippen molar-refractivity contribution in [2.75, 3.05) is 6.61 Å². The first kappa shape index (κ1) is 12.2. The molecule has 0 radical (unpaired) electrons. The zero-order chi connectivity index (χ0) is 11.3. The number of halogens is 1. The third-order valence-electron chi connectivity index (χ3n) is 1.82. The van der Waals surface area contributed by atoms with E-state index < -0.39 is 0 Å². The van der Waals surface area contributed by atoms with Crippen LogP contribution in [-0.4, -0.2) is 12.6 Å². The number of ether oxygens (including phenoxy) is 1. The van der Waals surface area contributed by atoms with E-state index in [1.54, 1.807) is 0 Å². The minimum atomic E-state index is -0.165. The summed E-state index contributed by atoms with van der Waals surface area (Å²) in [4.78, 5) is 11.4. The predicted molar refractivity (Wildman–Crippen MR) is 63.6 cm³/mol. The van der Waals surface area contributed by atoms with Gasteiger partial charge in [0, 0.05) is 4.47 Å². The molecule has 0 saturated heterocycles. The maximum atomic E-state index is 11.4. The lowest BCUT2D eigenvalue weighted by atomic mass is 10.1. The van der Waals surface area contributed by atoms with Crippen LogP contribution in [0.25, 0.3) is 0 Å². The zero-order valence-corrected chi connectivity index (χ0v) is 10.6. The zero-order valence-electron chi connectivity index (χ0n) is 9.00. The van der Waals surface area contributed by atoms with E-state index in [-0.39, 0.29) is 5.97 Å². The van der Waals surface area contributed by atoms with Gasteiger partial charge in [0.15, 0.2) is 0 Å². The van der Waals surface area contributed by atoms with E-state index >= 15 is 0 Å². The van der Waals surface area contributed by atoms with Crippen molar-refractivity contribution in [3.8, 4) is 0 Å². The average Bonchev–Trinajstić information content (AvgIpc) is 2.15. The highest BCUT2D eigenvalue weighted by Crippen LogP contribution is 2.12. The van der Waals surface area contributed by atoms with Crippen molar-refractivity contribution in [1.29, 1.82) is 0 Å². The van der Waals surface area contributed by atoms with E-state index in [1.807, 2.05) is 38.1 Å². The molecule has 15 heavy (non-hydrogen) atoms. The molecule has 0 fully saturated rings. The van der Waals surface area contributed by atoms with Crippen LogP contribution >= 0.6 is 15.9 Å². The van der Waals surface area contributed by atoms with Crippen molar-refractivity contribution >= 4 is 21.9 Å². The second kappa shape index (κ2) is 5.91. The van der Waals surface area contributed by atoms with Gasteiger partial charge in [-0.3, -0.25) is 4.79 Å². The van der Waals surface area contributed by atoms with Gasteiger partial charge in [-0.25, -0.2) is 0 Å². The molecule has 0 bridgehead atoms. The summed E-state index contributed by atoms with van der Waals surface area (Å²) in [6.45, 7) is 4.53. The third kappa shape index (κ3) is 4.98. The first-order valence-corrected chi connectivity index (χ1v) is 5.77. The van der Waals surface area contributed by atoms with Crippen LogP contribution < -0.4 is 0 Å². The van der Waals surface area contributed by atoms with E-state index in [9.17, 15) is 4.79 Å². The Morgan fingerprint density at radius 3 is 2.80 bits per heavy atom. The SMILES string of the molecule is CC(C)COC(=O)Cc1cccc(Br)c1. The lowest BCUT2D eigenvalue weighted by Gasteiger charge is -2.07. The number of hydrogen-bond donors (Lipinski definition) is 0. The largest absolute Gasteiger partial charge is 0.465 e. The number of carbonyl (C=O) groups is 1. The molecule has 0 atom stereocenters. The highest BCUT2D eigenvalue weighted by Gasteiger charge is 2.05. The van der Waals surface area contributed by atoms with Gasteiger partial charge in [-0.1, -0.05) is 41.9 Å². The summed E-state index contributed by atoms with van der Waals surface area (Å²) in [5.41, 5.74) is 0.970. The monoisotopic (exact) mass is 270 g/mol. The molecule has 0 aliphatic heterocycles. The van der Waals surface area contributed by atoms with E-state index in [0.717, 1.165) is 10.0 Å². The molecule has 3 heteroatoms. The molecule has 0 N–H and O–H groups in total. The first-order valence-electron chi connectivity index (χ1n) is 4.98. The summed E-state index contributed by atoms with van der Waals surface area (Å²) >= 11 is 3.36. The quantitative estimate of drug-likeness (QED) is 0.786. The van der Waals surface area contributed by atoms with Crippen LogP contribution in [0.5, 0.6) is 0 Å². The van der Waals surface area contributed by atoms with E-state index in [4.69, 9.17) is 4.74 Å². The second-order valence-corrected chi connectivity index (χ2v) is 4.80. The lowest BCUT2D eigenvalue weighted by molar-refractivity contribution is -0.143.